The Kier molecular flexibility index (Phi) is 101. The predicted octanol–water partition coefficient (Wildman–Crippen LogP) is -14.6. The molecule has 0 heterocycles. The number of hydrogen-bond donors (Lipinski definition) is 0. The van der Waals surface area contributed by atoms with Crippen LogP contribution in [0.2, 0.25) is 0 Å². The van der Waals surface area contributed by atoms with Crippen LogP contribution in [0.5, 0.6) is 0 Å². The van der Waals surface area contributed by atoms with E-state index in [-0.39, 0.29) is 223 Å². The summed E-state index contributed by atoms with van der Waals surface area (Å²) in [5, 5.41) is 0. The third-order valence-corrected chi connectivity index (χ3v) is 0. The normalized spacial score (nSPS) is 5.36. The second-order valence-electron chi connectivity index (χ2n) is 0.447. The molecule has 0 spiro atoms. The van der Waals surface area contributed by atoms with Gasteiger partial charge in [-0.15, -0.1) is 0 Å². The molecule has 0 aliphatic heterocycles. The van der Waals surface area contributed by atoms with E-state index in [9.17, 15) is 0 Å². The van der Waals surface area contributed by atoms with Crippen LogP contribution in [0.15, 0.2) is 0 Å². The number of rotatable bonds is 0. The van der Waals surface area contributed by atoms with Gasteiger partial charge in [0, 0.05) is 0 Å². The molecule has 0 aromatic heterocycles. The van der Waals surface area contributed by atoms with Gasteiger partial charge in [0.1, 0.15) is 0 Å². The Bertz CT molecular complexity index is 66.7. The van der Waals surface area contributed by atoms with E-state index in [0.29, 0.717) is 0 Å². The van der Waals surface area contributed by atoms with Crippen molar-refractivity contribution in [3.8, 4) is 0 Å². The van der Waals surface area contributed by atoms with Crippen LogP contribution in [-0.2, 0) is 4.57 Å². The van der Waals surface area contributed by atoms with E-state index in [0.717, 1.165) is 0 Å². The van der Waals surface area contributed by atoms with Gasteiger partial charge in [-0.05, 0) is 0 Å². The summed E-state index contributed by atoms with van der Waals surface area (Å²) in [5.74, 6) is 0. The Labute approximate surface area is 242 Å². The molecule has 0 aromatic carbocycles. The van der Waals surface area contributed by atoms with Gasteiger partial charge >= 0.3 is 223 Å². The molecular formula is H6K3Mg3O4P. The molecule has 0 N–H and O–H groups in total. The SMILES string of the molecule is O=P([O-])([O-])[O-].[K+].[K+].[K+].[MgH2].[MgH2].[MgH2]. The molecule has 0 saturated carbocycles. The Morgan fingerprint density at radius 1 is 0.727 bits per heavy atom. The molecule has 0 rings (SSSR count). The summed E-state index contributed by atoms with van der Waals surface area (Å²) in [4.78, 5) is 25.6. The van der Waals surface area contributed by atoms with Crippen LogP contribution in [0.3, 0.4) is 0 Å². The Hall–Kier alpha value is 7.32. The van der Waals surface area contributed by atoms with E-state index in [1.165, 1.54) is 0 Å². The van der Waals surface area contributed by atoms with Gasteiger partial charge < -0.3 is 19.2 Å². The molecule has 0 amide bonds. The first-order valence-electron chi connectivity index (χ1n) is 0.730. The summed E-state index contributed by atoms with van der Waals surface area (Å²) < 4.78 is 8.55. The fourth-order valence-corrected chi connectivity index (χ4v) is 0. The van der Waals surface area contributed by atoms with Gasteiger partial charge in [-0.1, -0.05) is 0 Å². The Morgan fingerprint density at radius 3 is 0.727 bits per heavy atom. The molecule has 0 fully saturated rings. The summed E-state index contributed by atoms with van der Waals surface area (Å²) in [6.07, 6.45) is 0. The predicted molar refractivity (Wildman–Crippen MR) is 33.2 cm³/mol. The summed E-state index contributed by atoms with van der Waals surface area (Å²) in [6.45, 7) is 0. The first kappa shape index (κ1) is 42.9. The molecule has 0 atom stereocenters. The molecule has 11 heteroatoms. The second-order valence-corrected chi connectivity index (χ2v) is 1.34. The van der Waals surface area contributed by atoms with Crippen molar-refractivity contribution in [2.24, 2.45) is 0 Å². The fourth-order valence-electron chi connectivity index (χ4n) is 0. The van der Waals surface area contributed by atoms with Crippen LogP contribution in [-0.4, -0.2) is 69.2 Å². The van der Waals surface area contributed by atoms with Crippen molar-refractivity contribution in [1.29, 1.82) is 0 Å². The maximum absolute atomic E-state index is 8.55. The first-order chi connectivity index (χ1) is 2.00. The largest absolute Gasteiger partial charge is 1.00 e. The van der Waals surface area contributed by atoms with E-state index in [2.05, 4.69) is 0 Å². The fraction of sp³-hybridized carbons (Fsp3) is 0. The molecule has 0 aromatic rings. The van der Waals surface area contributed by atoms with Gasteiger partial charge in [0.05, 0.1) is 0 Å². The van der Waals surface area contributed by atoms with Crippen molar-refractivity contribution < 1.29 is 173 Å². The van der Waals surface area contributed by atoms with Gasteiger partial charge in [0.15, 0.2) is 0 Å². The summed E-state index contributed by atoms with van der Waals surface area (Å²) >= 11 is 0. The van der Waals surface area contributed by atoms with E-state index in [4.69, 9.17) is 19.2 Å². The minimum atomic E-state index is -5.39. The summed E-state index contributed by atoms with van der Waals surface area (Å²) in [7, 11) is -5.39. The zero-order valence-corrected chi connectivity index (χ0v) is 15.3. The molecule has 0 aliphatic carbocycles. The molecule has 11 heavy (non-hydrogen) atoms. The summed E-state index contributed by atoms with van der Waals surface area (Å²) in [5.41, 5.74) is 0. The monoisotopic (exact) mass is 290 g/mol. The average molecular weight is 291 g/mol. The van der Waals surface area contributed by atoms with E-state index in [1.54, 1.807) is 0 Å². The van der Waals surface area contributed by atoms with Gasteiger partial charge in [-0.2, -0.15) is 7.82 Å². The van der Waals surface area contributed by atoms with Crippen molar-refractivity contribution >= 4 is 77.0 Å². The van der Waals surface area contributed by atoms with Crippen LogP contribution in [0.1, 0.15) is 0 Å². The summed E-state index contributed by atoms with van der Waals surface area (Å²) in [6, 6.07) is 0. The van der Waals surface area contributed by atoms with Crippen LogP contribution in [0, 0.1) is 0 Å². The molecule has 0 unspecified atom stereocenters. The van der Waals surface area contributed by atoms with Gasteiger partial charge in [0.25, 0.3) is 0 Å². The third kappa shape index (κ3) is 75.9. The van der Waals surface area contributed by atoms with Crippen LogP contribution in [0.25, 0.3) is 0 Å². The van der Waals surface area contributed by atoms with Crippen molar-refractivity contribution in [2.75, 3.05) is 0 Å². The molecular weight excluding hydrogens is 285 g/mol. The quantitative estimate of drug-likeness (QED) is 0.328. The molecule has 0 aliphatic rings. The Balaban J connectivity index is -0.00000000533. The van der Waals surface area contributed by atoms with Crippen molar-refractivity contribution in [3.63, 3.8) is 0 Å². The minimum absolute atomic E-state index is 0. The van der Waals surface area contributed by atoms with E-state index >= 15 is 0 Å². The van der Waals surface area contributed by atoms with Crippen LogP contribution < -0.4 is 169 Å². The number of phosphoric acid groups is 1. The van der Waals surface area contributed by atoms with Crippen molar-refractivity contribution in [2.45, 2.75) is 0 Å². The Morgan fingerprint density at radius 2 is 0.727 bits per heavy atom. The van der Waals surface area contributed by atoms with Crippen LogP contribution in [0.4, 0.5) is 0 Å². The van der Waals surface area contributed by atoms with Crippen LogP contribution >= 0.6 is 7.82 Å². The average Bonchev–Trinajstić information content (AvgIpc) is 0.722. The first-order valence-corrected chi connectivity index (χ1v) is 2.19. The molecule has 0 saturated heterocycles. The maximum atomic E-state index is 8.55. The zero-order valence-electron chi connectivity index (χ0n) is 5.08. The van der Waals surface area contributed by atoms with E-state index in [1.807, 2.05) is 0 Å². The smallest absolute Gasteiger partial charge is 0.822 e. The molecule has 0 radical (unpaired) electrons. The van der Waals surface area contributed by atoms with E-state index < -0.39 is 7.82 Å². The van der Waals surface area contributed by atoms with Crippen molar-refractivity contribution in [1.82, 2.24) is 0 Å². The maximum Gasteiger partial charge on any atom is 1.00 e. The third-order valence-electron chi connectivity index (χ3n) is 0. The zero-order chi connectivity index (χ0) is 4.50. The standard InChI is InChI=1S/3K.3Mg.H3O4P.6H/c;;;;;;1-5(2,3)4;;;;;;/h;;;;;;(H3,1,2,3,4);;;;;;/q3*+1;;;;;;;;;;/p-3. The van der Waals surface area contributed by atoms with Gasteiger partial charge in [0.2, 0.25) is 0 Å². The minimum Gasteiger partial charge on any atom is -0.822 e. The topological polar surface area (TPSA) is 86.2 Å². The molecule has 4 nitrogen and oxygen atoms in total. The molecule has 44 valence electrons. The molecule has 0 bridgehead atoms. The van der Waals surface area contributed by atoms with Gasteiger partial charge in [-0.3, -0.25) is 0 Å². The van der Waals surface area contributed by atoms with Gasteiger partial charge in [-0.25, -0.2) is 0 Å². The number of hydrogen-bond acceptors (Lipinski definition) is 4. The van der Waals surface area contributed by atoms with Crippen molar-refractivity contribution in [3.05, 3.63) is 0 Å². The second kappa shape index (κ2) is 26.0.